The number of benzene rings is 2. The second kappa shape index (κ2) is 8.23. The number of anilines is 1. The van der Waals surface area contributed by atoms with Crippen molar-refractivity contribution in [3.63, 3.8) is 0 Å². The molecular formula is C15H12Cl2N2O4S. The summed E-state index contributed by atoms with van der Waals surface area (Å²) >= 11 is 13.4. The zero-order valence-corrected chi connectivity index (χ0v) is 14.5. The molecule has 1 amide bonds. The van der Waals surface area contributed by atoms with Crippen molar-refractivity contribution in [2.24, 2.45) is 0 Å². The van der Waals surface area contributed by atoms with E-state index in [-0.39, 0.29) is 22.9 Å². The molecule has 0 unspecified atom stereocenters. The summed E-state index contributed by atoms with van der Waals surface area (Å²) in [5.74, 6) is -0.136. The Morgan fingerprint density at radius 3 is 2.54 bits per heavy atom. The monoisotopic (exact) mass is 386 g/mol. The number of amides is 1. The number of phenolic OH excluding ortho intramolecular Hbond substituents is 1. The van der Waals surface area contributed by atoms with Gasteiger partial charge < -0.3 is 10.4 Å². The molecule has 2 rings (SSSR count). The van der Waals surface area contributed by atoms with Crippen molar-refractivity contribution in [2.45, 2.75) is 5.75 Å². The molecule has 0 bridgehead atoms. The average molecular weight is 387 g/mol. The molecule has 0 radical (unpaired) electrons. The molecular weight excluding hydrogens is 375 g/mol. The lowest BCUT2D eigenvalue weighted by molar-refractivity contribution is -0.384. The molecule has 0 aromatic heterocycles. The van der Waals surface area contributed by atoms with Crippen LogP contribution in [-0.2, 0) is 10.5 Å². The maximum Gasteiger partial charge on any atom is 0.271 e. The molecule has 0 aliphatic heterocycles. The van der Waals surface area contributed by atoms with Gasteiger partial charge in [-0.15, -0.1) is 11.8 Å². The third kappa shape index (κ3) is 4.77. The van der Waals surface area contributed by atoms with Crippen LogP contribution in [0.3, 0.4) is 0 Å². The first-order chi connectivity index (χ1) is 11.4. The zero-order chi connectivity index (χ0) is 17.7. The Hall–Kier alpha value is -1.96. The Kier molecular flexibility index (Phi) is 6.30. The summed E-state index contributed by atoms with van der Waals surface area (Å²) in [7, 11) is 0. The molecule has 2 aromatic rings. The number of thioether (sulfide) groups is 1. The number of nitro groups is 1. The van der Waals surface area contributed by atoms with E-state index in [9.17, 15) is 20.0 Å². The van der Waals surface area contributed by atoms with Crippen LogP contribution in [0.4, 0.5) is 11.4 Å². The van der Waals surface area contributed by atoms with E-state index in [1.165, 1.54) is 11.8 Å². The summed E-state index contributed by atoms with van der Waals surface area (Å²) in [5.41, 5.74) is 0.501. The molecule has 0 fully saturated rings. The zero-order valence-electron chi connectivity index (χ0n) is 12.2. The van der Waals surface area contributed by atoms with Crippen LogP contribution in [0.5, 0.6) is 5.75 Å². The first-order valence-electron chi connectivity index (χ1n) is 6.66. The Bertz CT molecular complexity index is 766. The summed E-state index contributed by atoms with van der Waals surface area (Å²) in [4.78, 5) is 22.0. The molecule has 0 spiro atoms. The second-order valence-corrected chi connectivity index (χ2v) is 6.50. The highest BCUT2D eigenvalue weighted by molar-refractivity contribution is 7.99. The van der Waals surface area contributed by atoms with Crippen LogP contribution in [0.25, 0.3) is 0 Å². The van der Waals surface area contributed by atoms with Gasteiger partial charge >= 0.3 is 0 Å². The highest BCUT2D eigenvalue weighted by atomic mass is 35.5. The van der Waals surface area contributed by atoms with Crippen molar-refractivity contribution in [3.8, 4) is 5.75 Å². The highest BCUT2D eigenvalue weighted by Crippen LogP contribution is 2.30. The van der Waals surface area contributed by atoms with E-state index >= 15 is 0 Å². The average Bonchev–Trinajstić information content (AvgIpc) is 2.52. The summed E-state index contributed by atoms with van der Waals surface area (Å²) in [6.07, 6.45) is 0. The van der Waals surface area contributed by atoms with E-state index in [1.807, 2.05) is 0 Å². The molecule has 126 valence electrons. The van der Waals surface area contributed by atoms with Crippen LogP contribution in [0.15, 0.2) is 36.4 Å². The van der Waals surface area contributed by atoms with E-state index in [4.69, 9.17) is 23.2 Å². The number of carbonyl (C=O) groups is 1. The molecule has 2 N–H and O–H groups in total. The summed E-state index contributed by atoms with van der Waals surface area (Å²) in [6, 6.07) is 8.57. The summed E-state index contributed by atoms with van der Waals surface area (Å²) < 4.78 is 0. The van der Waals surface area contributed by atoms with Crippen molar-refractivity contribution in [1.82, 2.24) is 0 Å². The van der Waals surface area contributed by atoms with E-state index in [1.54, 1.807) is 18.2 Å². The van der Waals surface area contributed by atoms with Gasteiger partial charge in [-0.25, -0.2) is 0 Å². The smallest absolute Gasteiger partial charge is 0.271 e. The van der Waals surface area contributed by atoms with Crippen LogP contribution >= 0.6 is 35.0 Å². The van der Waals surface area contributed by atoms with Crippen LogP contribution < -0.4 is 5.32 Å². The number of aromatic hydroxyl groups is 1. The lowest BCUT2D eigenvalue weighted by Crippen LogP contribution is -2.14. The van der Waals surface area contributed by atoms with Gasteiger partial charge in [0.15, 0.2) is 0 Å². The van der Waals surface area contributed by atoms with Crippen molar-refractivity contribution >= 4 is 52.2 Å². The number of halogens is 2. The van der Waals surface area contributed by atoms with E-state index in [0.717, 1.165) is 23.8 Å². The molecule has 0 aliphatic carbocycles. The lowest BCUT2D eigenvalue weighted by atomic mass is 10.2. The standard InChI is InChI=1S/C15H12Cl2N2O4S/c16-11-2-1-3-12(17)10(11)7-24-8-15(21)18-13-6-9(19(22)23)4-5-14(13)20/h1-6,20H,7-8H2,(H,18,21). The van der Waals surface area contributed by atoms with Gasteiger partial charge in [0.25, 0.3) is 5.69 Å². The number of hydrogen-bond donors (Lipinski definition) is 2. The van der Waals surface area contributed by atoms with E-state index in [0.29, 0.717) is 15.8 Å². The Morgan fingerprint density at radius 1 is 1.25 bits per heavy atom. The van der Waals surface area contributed by atoms with Gasteiger partial charge in [-0.3, -0.25) is 14.9 Å². The number of carbonyl (C=O) groups excluding carboxylic acids is 1. The molecule has 24 heavy (non-hydrogen) atoms. The maximum atomic E-state index is 11.9. The molecule has 0 saturated heterocycles. The minimum atomic E-state index is -0.608. The van der Waals surface area contributed by atoms with Crippen LogP contribution in [0.2, 0.25) is 10.0 Å². The van der Waals surface area contributed by atoms with Gasteiger partial charge in [0.2, 0.25) is 5.91 Å². The van der Waals surface area contributed by atoms with Crippen molar-refractivity contribution in [2.75, 3.05) is 11.1 Å². The fourth-order valence-corrected chi connectivity index (χ4v) is 3.40. The van der Waals surface area contributed by atoms with Gasteiger partial charge in [0.05, 0.1) is 16.4 Å². The molecule has 0 atom stereocenters. The minimum absolute atomic E-state index is 0.00873. The largest absolute Gasteiger partial charge is 0.506 e. The van der Waals surface area contributed by atoms with Crippen LogP contribution in [0.1, 0.15) is 5.56 Å². The second-order valence-electron chi connectivity index (χ2n) is 4.70. The van der Waals surface area contributed by atoms with Gasteiger partial charge in [-0.05, 0) is 23.8 Å². The predicted octanol–water partition coefficient (Wildman–Crippen LogP) is 4.48. The van der Waals surface area contributed by atoms with E-state index < -0.39 is 10.8 Å². The molecule has 0 saturated carbocycles. The number of nitrogens with one attached hydrogen (secondary N) is 1. The van der Waals surface area contributed by atoms with Gasteiger partial charge in [0.1, 0.15) is 5.75 Å². The number of phenols is 1. The molecule has 2 aromatic carbocycles. The fourth-order valence-electron chi connectivity index (χ4n) is 1.84. The molecule has 0 heterocycles. The summed E-state index contributed by atoms with van der Waals surface area (Å²) in [5, 5.41) is 23.9. The first kappa shape index (κ1) is 18.4. The summed E-state index contributed by atoms with van der Waals surface area (Å²) in [6.45, 7) is 0. The number of non-ortho nitro benzene ring substituents is 1. The van der Waals surface area contributed by atoms with Crippen LogP contribution in [0, 0.1) is 10.1 Å². The van der Waals surface area contributed by atoms with E-state index in [2.05, 4.69) is 5.32 Å². The molecule has 6 nitrogen and oxygen atoms in total. The Balaban J connectivity index is 1.94. The Labute approximate surface area is 151 Å². The van der Waals surface area contributed by atoms with Crippen molar-refractivity contribution in [1.29, 1.82) is 0 Å². The number of nitrogens with zero attached hydrogens (tertiary/aromatic N) is 1. The number of nitro benzene ring substituents is 1. The van der Waals surface area contributed by atoms with Crippen molar-refractivity contribution < 1.29 is 14.8 Å². The molecule has 9 heteroatoms. The van der Waals surface area contributed by atoms with Gasteiger partial charge in [0, 0.05) is 27.9 Å². The minimum Gasteiger partial charge on any atom is -0.506 e. The third-order valence-electron chi connectivity index (χ3n) is 3.01. The first-order valence-corrected chi connectivity index (χ1v) is 8.57. The Morgan fingerprint density at radius 2 is 1.92 bits per heavy atom. The quantitative estimate of drug-likeness (QED) is 0.433. The van der Waals surface area contributed by atoms with Crippen molar-refractivity contribution in [3.05, 3.63) is 62.1 Å². The fraction of sp³-hybridized carbons (Fsp3) is 0.133. The predicted molar refractivity (Wildman–Crippen MR) is 96.0 cm³/mol. The highest BCUT2D eigenvalue weighted by Gasteiger charge is 2.13. The number of rotatable bonds is 6. The topological polar surface area (TPSA) is 92.5 Å². The number of hydrogen-bond acceptors (Lipinski definition) is 5. The van der Waals surface area contributed by atoms with Gasteiger partial charge in [-0.2, -0.15) is 0 Å². The normalized spacial score (nSPS) is 10.4. The molecule has 0 aliphatic rings. The SMILES string of the molecule is O=C(CSCc1c(Cl)cccc1Cl)Nc1cc([N+](=O)[O-])ccc1O. The van der Waals surface area contributed by atoms with Crippen LogP contribution in [-0.4, -0.2) is 21.7 Å². The lowest BCUT2D eigenvalue weighted by Gasteiger charge is -2.08. The van der Waals surface area contributed by atoms with Gasteiger partial charge in [-0.1, -0.05) is 29.3 Å². The third-order valence-corrected chi connectivity index (χ3v) is 4.67. The maximum absolute atomic E-state index is 11.9.